The van der Waals surface area contributed by atoms with Crippen molar-refractivity contribution in [2.45, 2.75) is 20.1 Å². The molecule has 0 fully saturated rings. The number of hydrogen-bond donors (Lipinski definition) is 1. The largest absolute Gasteiger partial charge is 0.488 e. The number of benzene rings is 1. The average Bonchev–Trinajstić information content (AvgIpc) is 2.74. The number of halogens is 1. The Morgan fingerprint density at radius 3 is 2.83 bits per heavy atom. The van der Waals surface area contributed by atoms with Gasteiger partial charge < -0.3 is 10.1 Å². The van der Waals surface area contributed by atoms with Gasteiger partial charge in [-0.25, -0.2) is 0 Å². The SMILES string of the molecule is CNCc1cc(C)ccc1OCc1sccc1Br. The van der Waals surface area contributed by atoms with Crippen molar-refractivity contribution in [1.82, 2.24) is 5.32 Å². The van der Waals surface area contributed by atoms with Crippen molar-refractivity contribution in [3.63, 3.8) is 0 Å². The van der Waals surface area contributed by atoms with Gasteiger partial charge in [-0.05, 0) is 47.4 Å². The van der Waals surface area contributed by atoms with Crippen molar-refractivity contribution >= 4 is 27.3 Å². The molecule has 0 spiro atoms. The molecule has 0 bridgehead atoms. The van der Waals surface area contributed by atoms with E-state index in [0.717, 1.165) is 16.8 Å². The molecule has 1 aromatic heterocycles. The Balaban J connectivity index is 2.11. The van der Waals surface area contributed by atoms with Crippen LogP contribution in [0, 0.1) is 6.92 Å². The lowest BCUT2D eigenvalue weighted by Gasteiger charge is -2.11. The zero-order chi connectivity index (χ0) is 13.0. The second-order valence-corrected chi connectivity index (χ2v) is 5.98. The molecule has 1 heterocycles. The Bertz CT molecular complexity index is 524. The highest BCUT2D eigenvalue weighted by Gasteiger charge is 2.06. The first-order valence-electron chi connectivity index (χ1n) is 5.79. The lowest BCUT2D eigenvalue weighted by Crippen LogP contribution is -2.07. The number of ether oxygens (including phenoxy) is 1. The summed E-state index contributed by atoms with van der Waals surface area (Å²) in [5.74, 6) is 0.954. The number of thiophene rings is 1. The highest BCUT2D eigenvalue weighted by atomic mass is 79.9. The third-order valence-electron chi connectivity index (χ3n) is 2.63. The topological polar surface area (TPSA) is 21.3 Å². The maximum Gasteiger partial charge on any atom is 0.124 e. The van der Waals surface area contributed by atoms with Gasteiger partial charge in [0.15, 0.2) is 0 Å². The molecule has 0 aliphatic carbocycles. The fourth-order valence-corrected chi connectivity index (χ4v) is 3.13. The fraction of sp³-hybridized carbons (Fsp3) is 0.286. The van der Waals surface area contributed by atoms with Crippen molar-refractivity contribution in [2.75, 3.05) is 7.05 Å². The predicted octanol–water partition coefficient (Wildman–Crippen LogP) is 4.12. The van der Waals surface area contributed by atoms with Crippen LogP contribution in [0.3, 0.4) is 0 Å². The molecule has 4 heteroatoms. The maximum absolute atomic E-state index is 5.91. The van der Waals surface area contributed by atoms with Gasteiger partial charge in [-0.3, -0.25) is 0 Å². The molecule has 0 saturated heterocycles. The van der Waals surface area contributed by atoms with E-state index in [1.165, 1.54) is 16.0 Å². The number of nitrogens with one attached hydrogen (secondary N) is 1. The van der Waals surface area contributed by atoms with Crippen LogP contribution < -0.4 is 10.1 Å². The molecule has 0 aliphatic heterocycles. The van der Waals surface area contributed by atoms with Gasteiger partial charge in [0, 0.05) is 16.6 Å². The Morgan fingerprint density at radius 2 is 2.17 bits per heavy atom. The molecule has 2 nitrogen and oxygen atoms in total. The van der Waals surface area contributed by atoms with E-state index in [4.69, 9.17) is 4.74 Å². The van der Waals surface area contributed by atoms with E-state index < -0.39 is 0 Å². The average molecular weight is 326 g/mol. The van der Waals surface area contributed by atoms with E-state index in [2.05, 4.69) is 45.7 Å². The summed E-state index contributed by atoms with van der Waals surface area (Å²) < 4.78 is 7.03. The van der Waals surface area contributed by atoms with Crippen LogP contribution in [0.2, 0.25) is 0 Å². The minimum atomic E-state index is 0.609. The first-order chi connectivity index (χ1) is 8.70. The summed E-state index contributed by atoms with van der Waals surface area (Å²) in [6, 6.07) is 8.34. The lowest BCUT2D eigenvalue weighted by atomic mass is 10.1. The summed E-state index contributed by atoms with van der Waals surface area (Å²) in [5.41, 5.74) is 2.45. The quantitative estimate of drug-likeness (QED) is 0.892. The van der Waals surface area contributed by atoms with Crippen LogP contribution in [-0.4, -0.2) is 7.05 Å². The van der Waals surface area contributed by atoms with E-state index in [-0.39, 0.29) is 0 Å². The summed E-state index contributed by atoms with van der Waals surface area (Å²) in [6.07, 6.45) is 0. The Morgan fingerprint density at radius 1 is 1.33 bits per heavy atom. The molecule has 1 aromatic carbocycles. The van der Waals surface area contributed by atoms with Crippen LogP contribution in [0.5, 0.6) is 5.75 Å². The molecule has 0 atom stereocenters. The van der Waals surface area contributed by atoms with Crippen molar-refractivity contribution in [3.8, 4) is 5.75 Å². The van der Waals surface area contributed by atoms with Gasteiger partial charge in [0.25, 0.3) is 0 Å². The lowest BCUT2D eigenvalue weighted by molar-refractivity contribution is 0.305. The van der Waals surface area contributed by atoms with Crippen LogP contribution in [0.15, 0.2) is 34.1 Å². The number of rotatable bonds is 5. The molecular weight excluding hydrogens is 310 g/mol. The standard InChI is InChI=1S/C14H16BrNOS/c1-10-3-4-13(11(7-10)8-16-2)17-9-14-12(15)5-6-18-14/h3-7,16H,8-9H2,1-2H3. The molecule has 0 radical (unpaired) electrons. The van der Waals surface area contributed by atoms with Crippen LogP contribution >= 0.6 is 27.3 Å². The van der Waals surface area contributed by atoms with Gasteiger partial charge in [-0.2, -0.15) is 0 Å². The zero-order valence-corrected chi connectivity index (χ0v) is 12.9. The molecule has 18 heavy (non-hydrogen) atoms. The van der Waals surface area contributed by atoms with Gasteiger partial charge in [0.1, 0.15) is 12.4 Å². The van der Waals surface area contributed by atoms with Gasteiger partial charge in [0.05, 0.1) is 4.88 Å². The monoisotopic (exact) mass is 325 g/mol. The summed E-state index contributed by atoms with van der Waals surface area (Å²) in [6.45, 7) is 3.53. The van der Waals surface area contributed by atoms with Crippen LogP contribution in [0.25, 0.3) is 0 Å². The third-order valence-corrected chi connectivity index (χ3v) is 4.53. The molecule has 0 saturated carbocycles. The van der Waals surface area contributed by atoms with Gasteiger partial charge in [-0.1, -0.05) is 17.7 Å². The summed E-state index contributed by atoms with van der Waals surface area (Å²) in [7, 11) is 1.95. The van der Waals surface area contributed by atoms with Crippen LogP contribution in [-0.2, 0) is 13.2 Å². The molecule has 2 rings (SSSR count). The highest BCUT2D eigenvalue weighted by Crippen LogP contribution is 2.26. The highest BCUT2D eigenvalue weighted by molar-refractivity contribution is 9.10. The third kappa shape index (κ3) is 3.34. The minimum absolute atomic E-state index is 0.609. The van der Waals surface area contributed by atoms with Crippen LogP contribution in [0.4, 0.5) is 0 Å². The zero-order valence-electron chi connectivity index (χ0n) is 10.5. The minimum Gasteiger partial charge on any atom is -0.488 e. The van der Waals surface area contributed by atoms with E-state index in [9.17, 15) is 0 Å². The Labute approximate surface area is 120 Å². The second kappa shape index (κ2) is 6.36. The van der Waals surface area contributed by atoms with Gasteiger partial charge >= 0.3 is 0 Å². The summed E-state index contributed by atoms with van der Waals surface area (Å²) in [4.78, 5) is 1.21. The van der Waals surface area contributed by atoms with E-state index in [1.54, 1.807) is 11.3 Å². The predicted molar refractivity (Wildman–Crippen MR) is 80.3 cm³/mol. The van der Waals surface area contributed by atoms with E-state index in [1.807, 2.05) is 19.2 Å². The summed E-state index contributed by atoms with van der Waals surface area (Å²) >= 11 is 5.22. The van der Waals surface area contributed by atoms with Crippen molar-refractivity contribution in [2.24, 2.45) is 0 Å². The molecular formula is C14H16BrNOS. The van der Waals surface area contributed by atoms with Gasteiger partial charge in [0.2, 0.25) is 0 Å². The first-order valence-corrected chi connectivity index (χ1v) is 7.46. The van der Waals surface area contributed by atoms with Crippen molar-refractivity contribution in [3.05, 3.63) is 50.1 Å². The normalized spacial score (nSPS) is 10.6. The molecule has 2 aromatic rings. The maximum atomic E-state index is 5.91. The summed E-state index contributed by atoms with van der Waals surface area (Å²) in [5, 5.41) is 5.23. The molecule has 1 N–H and O–H groups in total. The first kappa shape index (κ1) is 13.6. The van der Waals surface area contributed by atoms with Crippen molar-refractivity contribution < 1.29 is 4.74 Å². The van der Waals surface area contributed by atoms with Gasteiger partial charge in [-0.15, -0.1) is 11.3 Å². The molecule has 96 valence electrons. The fourth-order valence-electron chi connectivity index (χ4n) is 1.75. The smallest absolute Gasteiger partial charge is 0.124 e. The van der Waals surface area contributed by atoms with Crippen molar-refractivity contribution in [1.29, 1.82) is 0 Å². The number of aryl methyl sites for hydroxylation is 1. The number of hydrogen-bond acceptors (Lipinski definition) is 3. The Hall–Kier alpha value is -0.840. The molecule has 0 aliphatic rings. The Kier molecular flexibility index (Phi) is 4.80. The second-order valence-electron chi connectivity index (χ2n) is 4.12. The van der Waals surface area contributed by atoms with E-state index >= 15 is 0 Å². The molecule has 0 amide bonds. The molecule has 0 unspecified atom stereocenters. The van der Waals surface area contributed by atoms with E-state index in [0.29, 0.717) is 6.61 Å². The van der Waals surface area contributed by atoms with Crippen LogP contribution in [0.1, 0.15) is 16.0 Å².